The first-order valence-corrected chi connectivity index (χ1v) is 17.7. The van der Waals surface area contributed by atoms with Gasteiger partial charge in [-0.1, -0.05) is 72.4 Å². The molecule has 46 heavy (non-hydrogen) atoms. The number of aryl methyl sites for hydroxylation is 1. The molecule has 0 saturated carbocycles. The van der Waals surface area contributed by atoms with Crippen LogP contribution in [0, 0.1) is 0 Å². The number of benzene rings is 2. The number of thiazole rings is 1. The van der Waals surface area contributed by atoms with Crippen LogP contribution in [0.15, 0.2) is 97.8 Å². The number of carboxylic acid groups (broad SMARTS) is 1. The van der Waals surface area contributed by atoms with Crippen molar-refractivity contribution in [3.8, 4) is 0 Å². The number of aliphatic carboxylic acids is 1. The van der Waals surface area contributed by atoms with Crippen LogP contribution < -0.4 is 5.32 Å². The number of hydrogen-bond acceptors (Lipinski definition) is 10. The van der Waals surface area contributed by atoms with Gasteiger partial charge in [-0.25, -0.2) is 9.78 Å². The number of nitrogens with zero attached hydrogens (tertiary/aromatic N) is 2. The Labute approximate surface area is 324 Å². The Balaban J connectivity index is 0.00000417. The number of esters is 1. The fraction of sp³-hybridized carbons (Fsp3) is 0.219. The molecule has 2 aliphatic rings. The molecule has 232 valence electrons. The molecule has 9 nitrogen and oxygen atoms in total. The molecule has 2 aromatic heterocycles. The summed E-state index contributed by atoms with van der Waals surface area (Å²) in [6, 6.07) is 19.9. The van der Waals surface area contributed by atoms with Gasteiger partial charge in [0.25, 0.3) is 5.91 Å². The van der Waals surface area contributed by atoms with Gasteiger partial charge < -0.3 is 15.2 Å². The fourth-order valence-corrected chi connectivity index (χ4v) is 9.17. The number of aromatic nitrogens is 1. The van der Waals surface area contributed by atoms with E-state index in [0.29, 0.717) is 27.1 Å². The van der Waals surface area contributed by atoms with Gasteiger partial charge in [-0.3, -0.25) is 19.3 Å². The van der Waals surface area contributed by atoms with Crippen molar-refractivity contribution in [1.29, 1.82) is 0 Å². The average Bonchev–Trinajstić information content (AvgIpc) is 3.74. The van der Waals surface area contributed by atoms with Crippen molar-refractivity contribution in [1.82, 2.24) is 15.2 Å². The monoisotopic (exact) mass is 717 g/mol. The first-order valence-electron chi connectivity index (χ1n) is 14.0. The summed E-state index contributed by atoms with van der Waals surface area (Å²) in [7, 11) is 0. The molecule has 0 aliphatic carbocycles. The van der Waals surface area contributed by atoms with Crippen molar-refractivity contribution >= 4 is 121 Å². The molecule has 4 heterocycles. The molecule has 2 atom stereocenters. The molecule has 6 rings (SSSR count). The van der Waals surface area contributed by atoms with E-state index >= 15 is 0 Å². The van der Waals surface area contributed by atoms with Gasteiger partial charge >= 0.3 is 63.3 Å². The number of amides is 2. The molecule has 0 bridgehead atoms. The summed E-state index contributed by atoms with van der Waals surface area (Å²) in [6.07, 6.45) is -0.287. The number of carbonyl (C=O) groups excluding carboxylic acids is 3. The van der Waals surface area contributed by atoms with Crippen molar-refractivity contribution < 1.29 is 29.0 Å². The number of nitrogens with one attached hydrogen (secondary N) is 1. The van der Waals surface area contributed by atoms with Gasteiger partial charge in [0, 0.05) is 22.5 Å². The summed E-state index contributed by atoms with van der Waals surface area (Å²) < 4.78 is 6.84. The van der Waals surface area contributed by atoms with E-state index in [9.17, 15) is 19.2 Å². The number of fused-ring (bicyclic) bond motifs is 1. The molecule has 0 unspecified atom stereocenters. The summed E-state index contributed by atoms with van der Waals surface area (Å²) in [6.45, 7) is 0. The van der Waals surface area contributed by atoms with Gasteiger partial charge in [0.05, 0.1) is 18.5 Å². The number of β-lactam (4-membered cyclic amide) rings is 1. The zero-order valence-corrected chi connectivity index (χ0v) is 26.9. The van der Waals surface area contributed by atoms with E-state index in [1.165, 1.54) is 51.1 Å². The minimum absolute atomic E-state index is 0. The first-order chi connectivity index (χ1) is 21.9. The molecular weight excluding hydrogens is 690 g/mol. The molecule has 2 N–H and O–H groups in total. The van der Waals surface area contributed by atoms with E-state index in [1.807, 2.05) is 77.5 Å². The van der Waals surface area contributed by atoms with Crippen molar-refractivity contribution in [2.24, 2.45) is 0 Å². The Hall–Kier alpha value is -2.27. The van der Waals surface area contributed by atoms with E-state index in [0.717, 1.165) is 16.7 Å². The normalized spacial score (nSPS) is 17.2. The Morgan fingerprint density at radius 1 is 1.04 bits per heavy atom. The second kappa shape index (κ2) is 16.2. The Kier molecular flexibility index (Phi) is 12.4. The van der Waals surface area contributed by atoms with Crippen LogP contribution in [0.25, 0.3) is 0 Å². The van der Waals surface area contributed by atoms with Crippen LogP contribution in [0.2, 0.25) is 0 Å². The number of ether oxygens (including phenoxy) is 1. The number of thiophene rings is 1. The summed E-state index contributed by atoms with van der Waals surface area (Å²) in [5.41, 5.74) is 3.23. The first kappa shape index (κ1) is 35.0. The predicted molar refractivity (Wildman–Crippen MR) is 182 cm³/mol. The Bertz CT molecular complexity index is 1690. The maximum absolute atomic E-state index is 14.1. The molecule has 4 aromatic rings. The minimum atomic E-state index is -0.903. The number of rotatable bonds is 12. The molecule has 2 amide bonds. The second-order valence-electron chi connectivity index (χ2n) is 10.2. The standard InChI is InChI=1S/C32H27N3O6S4.K.H/c36-24(15-19-13-14-42-16-19)34-26-29(39)35-27(23(18-43-30(26)35)45-32-33-22(17-44-32)11-12-25(37)38)31(40)41-28(20-7-3-1-4-8-20)21-9-5-2-6-10-21;;/h1-10,13-14,16-17,26,28,30H,11-12,15,18H2,(H,34,36)(H,37,38);;/t26-,30-;;/m1../s1. The number of carboxylic acids is 1. The van der Waals surface area contributed by atoms with Gasteiger partial charge in [0.2, 0.25) is 5.91 Å². The Morgan fingerprint density at radius 2 is 1.74 bits per heavy atom. The van der Waals surface area contributed by atoms with E-state index < -0.39 is 29.5 Å². The van der Waals surface area contributed by atoms with E-state index in [1.54, 1.807) is 5.38 Å². The SMILES string of the molecule is O=C(O)CCc1csc(SC2=C(C(=O)OC(c3ccccc3)c3ccccc3)N3C(=O)[C@@H](NC(=O)Cc4ccsc4)[C@H]3SC2)n1.[KH]. The number of thioether (sulfide) groups is 2. The molecule has 2 aliphatic heterocycles. The van der Waals surface area contributed by atoms with E-state index in [2.05, 4.69) is 10.3 Å². The third-order valence-electron chi connectivity index (χ3n) is 7.15. The quantitative estimate of drug-likeness (QED) is 0.120. The third kappa shape index (κ3) is 8.23. The molecule has 1 saturated heterocycles. The molecule has 1 fully saturated rings. The van der Waals surface area contributed by atoms with Gasteiger partial charge in [0.1, 0.15) is 17.1 Å². The summed E-state index contributed by atoms with van der Waals surface area (Å²) in [4.78, 5) is 58.2. The van der Waals surface area contributed by atoms with Gasteiger partial charge in [-0.05, 0) is 33.5 Å². The summed E-state index contributed by atoms with van der Waals surface area (Å²) in [5, 5.41) is 17.0. The van der Waals surface area contributed by atoms with E-state index in [-0.39, 0.29) is 81.7 Å². The van der Waals surface area contributed by atoms with Crippen LogP contribution in [0.4, 0.5) is 0 Å². The Morgan fingerprint density at radius 3 is 2.37 bits per heavy atom. The molecule has 2 aromatic carbocycles. The zero-order chi connectivity index (χ0) is 31.3. The van der Waals surface area contributed by atoms with Gasteiger partial charge in [-0.2, -0.15) is 11.3 Å². The van der Waals surface area contributed by atoms with Crippen LogP contribution >= 0.6 is 46.2 Å². The van der Waals surface area contributed by atoms with Crippen molar-refractivity contribution in [3.63, 3.8) is 0 Å². The third-order valence-corrected chi connectivity index (χ3v) is 11.4. The van der Waals surface area contributed by atoms with Crippen LogP contribution in [0.5, 0.6) is 0 Å². The van der Waals surface area contributed by atoms with E-state index in [4.69, 9.17) is 9.84 Å². The fourth-order valence-electron chi connectivity index (χ4n) is 5.00. The molecule has 0 radical (unpaired) electrons. The van der Waals surface area contributed by atoms with Crippen LogP contribution in [0.3, 0.4) is 0 Å². The molecule has 14 heteroatoms. The topological polar surface area (TPSA) is 126 Å². The predicted octanol–water partition coefficient (Wildman–Crippen LogP) is 4.85. The van der Waals surface area contributed by atoms with Crippen LogP contribution in [-0.4, -0.2) is 107 Å². The summed E-state index contributed by atoms with van der Waals surface area (Å²) in [5.74, 6) is -1.80. The number of carbonyl (C=O) groups is 4. The molecular formula is C32H28KN3O6S4. The second-order valence-corrected chi connectivity index (χ2v) is 14.3. The summed E-state index contributed by atoms with van der Waals surface area (Å²) >= 11 is 5.59. The maximum atomic E-state index is 14.1. The van der Waals surface area contributed by atoms with Crippen molar-refractivity contribution in [2.75, 3.05) is 5.75 Å². The number of hydrogen-bond donors (Lipinski definition) is 2. The van der Waals surface area contributed by atoms with Crippen molar-refractivity contribution in [3.05, 3.63) is 116 Å². The van der Waals surface area contributed by atoms with Crippen LogP contribution in [-0.2, 0) is 36.8 Å². The van der Waals surface area contributed by atoms with Gasteiger partial charge in [-0.15, -0.1) is 23.1 Å². The van der Waals surface area contributed by atoms with Gasteiger partial charge in [0.15, 0.2) is 10.4 Å². The average molecular weight is 718 g/mol. The van der Waals surface area contributed by atoms with Crippen molar-refractivity contribution in [2.45, 2.75) is 41.1 Å². The molecule has 0 spiro atoms. The zero-order valence-electron chi connectivity index (χ0n) is 23.7. The van der Waals surface area contributed by atoms with Crippen LogP contribution in [0.1, 0.15) is 34.9 Å².